The number of sulfonamides is 1. The lowest BCUT2D eigenvalue weighted by molar-refractivity contribution is 0.242. The highest BCUT2D eigenvalue weighted by Crippen LogP contribution is 2.24. The molecule has 6 nitrogen and oxygen atoms in total. The molecule has 144 valence electrons. The van der Waals surface area contributed by atoms with Crippen molar-refractivity contribution >= 4 is 37.3 Å². The van der Waals surface area contributed by atoms with E-state index in [1.807, 2.05) is 20.8 Å². The number of rotatable bonds is 7. The Labute approximate surface area is 162 Å². The third kappa shape index (κ3) is 4.33. The van der Waals surface area contributed by atoms with Crippen molar-refractivity contribution in [2.24, 2.45) is 0 Å². The van der Waals surface area contributed by atoms with Crippen molar-refractivity contribution in [3.8, 4) is 5.75 Å². The van der Waals surface area contributed by atoms with E-state index in [2.05, 4.69) is 4.72 Å². The molecule has 2 aromatic carbocycles. The second kappa shape index (κ2) is 7.74. The van der Waals surface area contributed by atoms with Crippen LogP contribution in [-0.4, -0.2) is 19.1 Å². The first kappa shape index (κ1) is 19.4. The molecule has 0 bridgehead atoms. The SMILES string of the molecule is CCCn1c(=O)sc2cc(S(=O)(=O)Nc3ccc(OC(C)C)cc3)ccc21. The second-order valence-corrected chi connectivity index (χ2v) is 9.12. The number of aryl methyl sites for hydroxylation is 1. The Balaban J connectivity index is 1.87. The van der Waals surface area contributed by atoms with E-state index in [4.69, 9.17) is 4.74 Å². The van der Waals surface area contributed by atoms with Crippen LogP contribution in [0.15, 0.2) is 52.2 Å². The minimum absolute atomic E-state index is 0.0476. The molecular weight excluding hydrogens is 384 g/mol. The van der Waals surface area contributed by atoms with E-state index in [1.54, 1.807) is 41.0 Å². The maximum atomic E-state index is 12.7. The fourth-order valence-corrected chi connectivity index (χ4v) is 4.85. The number of nitrogens with one attached hydrogen (secondary N) is 1. The molecular formula is C19H22N2O4S2. The van der Waals surface area contributed by atoms with Crippen molar-refractivity contribution in [1.29, 1.82) is 0 Å². The Morgan fingerprint density at radius 2 is 1.85 bits per heavy atom. The molecule has 1 heterocycles. The van der Waals surface area contributed by atoms with Crippen LogP contribution in [0.4, 0.5) is 5.69 Å². The van der Waals surface area contributed by atoms with Gasteiger partial charge in [-0.3, -0.25) is 14.1 Å². The Morgan fingerprint density at radius 1 is 1.15 bits per heavy atom. The summed E-state index contributed by atoms with van der Waals surface area (Å²) in [4.78, 5) is 12.1. The van der Waals surface area contributed by atoms with Gasteiger partial charge in [0.25, 0.3) is 10.0 Å². The first-order valence-corrected chi connectivity index (χ1v) is 11.0. The zero-order valence-electron chi connectivity index (χ0n) is 15.4. The van der Waals surface area contributed by atoms with Gasteiger partial charge in [0, 0.05) is 12.2 Å². The molecule has 0 saturated heterocycles. The summed E-state index contributed by atoms with van der Waals surface area (Å²) in [6, 6.07) is 11.5. The molecule has 27 heavy (non-hydrogen) atoms. The van der Waals surface area contributed by atoms with E-state index in [0.717, 1.165) is 23.3 Å². The fourth-order valence-electron chi connectivity index (χ4n) is 2.74. The van der Waals surface area contributed by atoms with Gasteiger partial charge in [-0.25, -0.2) is 8.42 Å². The number of hydrogen-bond donors (Lipinski definition) is 1. The number of aromatic nitrogens is 1. The predicted octanol–water partition coefficient (Wildman–Crippen LogP) is 4.06. The Kier molecular flexibility index (Phi) is 5.57. The van der Waals surface area contributed by atoms with Crippen LogP contribution in [0.2, 0.25) is 0 Å². The molecule has 0 amide bonds. The van der Waals surface area contributed by atoms with E-state index in [1.165, 1.54) is 6.07 Å². The molecule has 1 aromatic heterocycles. The van der Waals surface area contributed by atoms with Crippen molar-refractivity contribution in [2.45, 2.75) is 44.7 Å². The third-order valence-electron chi connectivity index (χ3n) is 3.88. The predicted molar refractivity (Wildman–Crippen MR) is 109 cm³/mol. The molecule has 3 rings (SSSR count). The lowest BCUT2D eigenvalue weighted by Crippen LogP contribution is -2.13. The maximum absolute atomic E-state index is 12.7. The van der Waals surface area contributed by atoms with E-state index in [0.29, 0.717) is 22.7 Å². The molecule has 3 aromatic rings. The summed E-state index contributed by atoms with van der Waals surface area (Å²) in [5, 5.41) is 0. The van der Waals surface area contributed by atoms with E-state index >= 15 is 0 Å². The number of ether oxygens (including phenoxy) is 1. The standard InChI is InChI=1S/C19H22N2O4S2/c1-4-11-21-17-10-9-16(12-18(17)26-19(21)22)27(23,24)20-14-5-7-15(8-6-14)25-13(2)3/h5-10,12-13,20H,4,11H2,1-3H3. The summed E-state index contributed by atoms with van der Waals surface area (Å²) in [6.07, 6.45) is 0.885. The summed E-state index contributed by atoms with van der Waals surface area (Å²) < 4.78 is 35.9. The molecule has 0 aliphatic carbocycles. The fraction of sp³-hybridized carbons (Fsp3) is 0.316. The van der Waals surface area contributed by atoms with Crippen LogP contribution in [0.1, 0.15) is 27.2 Å². The van der Waals surface area contributed by atoms with Crippen LogP contribution in [0.3, 0.4) is 0 Å². The van der Waals surface area contributed by atoms with Crippen molar-refractivity contribution < 1.29 is 13.2 Å². The minimum Gasteiger partial charge on any atom is -0.491 e. The number of benzene rings is 2. The highest BCUT2D eigenvalue weighted by molar-refractivity contribution is 7.92. The van der Waals surface area contributed by atoms with Gasteiger partial charge < -0.3 is 4.74 Å². The Hall–Kier alpha value is -2.32. The quantitative estimate of drug-likeness (QED) is 0.642. The number of anilines is 1. The molecule has 0 atom stereocenters. The van der Waals surface area contributed by atoms with Crippen molar-refractivity contribution in [3.63, 3.8) is 0 Å². The highest BCUT2D eigenvalue weighted by atomic mass is 32.2. The van der Waals surface area contributed by atoms with Gasteiger partial charge in [0.15, 0.2) is 0 Å². The summed E-state index contributed by atoms with van der Waals surface area (Å²) in [6.45, 7) is 6.47. The van der Waals surface area contributed by atoms with Crippen LogP contribution >= 0.6 is 11.3 Å². The van der Waals surface area contributed by atoms with Crippen molar-refractivity contribution in [1.82, 2.24) is 4.57 Å². The average molecular weight is 407 g/mol. The largest absolute Gasteiger partial charge is 0.491 e. The topological polar surface area (TPSA) is 77.4 Å². The van der Waals surface area contributed by atoms with Crippen LogP contribution < -0.4 is 14.3 Å². The lowest BCUT2D eigenvalue weighted by atomic mass is 10.3. The van der Waals surface area contributed by atoms with E-state index in [-0.39, 0.29) is 15.9 Å². The molecule has 0 radical (unpaired) electrons. The number of nitrogens with zero attached hydrogens (tertiary/aromatic N) is 1. The number of fused-ring (bicyclic) bond motifs is 1. The zero-order valence-corrected chi connectivity index (χ0v) is 17.1. The van der Waals surface area contributed by atoms with Gasteiger partial charge in [0.2, 0.25) is 0 Å². The average Bonchev–Trinajstić information content (AvgIpc) is 2.91. The molecule has 0 unspecified atom stereocenters. The summed E-state index contributed by atoms with van der Waals surface area (Å²) in [7, 11) is -3.75. The number of hydrogen-bond acceptors (Lipinski definition) is 5. The summed E-state index contributed by atoms with van der Waals surface area (Å²) in [5.41, 5.74) is 1.21. The van der Waals surface area contributed by atoms with E-state index in [9.17, 15) is 13.2 Å². The molecule has 0 aliphatic heterocycles. The molecule has 0 aliphatic rings. The first-order chi connectivity index (χ1) is 12.8. The van der Waals surface area contributed by atoms with Gasteiger partial charge in [-0.2, -0.15) is 0 Å². The van der Waals surface area contributed by atoms with Crippen LogP contribution in [0, 0.1) is 0 Å². The number of thiazole rings is 1. The highest BCUT2D eigenvalue weighted by Gasteiger charge is 2.17. The van der Waals surface area contributed by atoms with Gasteiger partial charge in [-0.1, -0.05) is 18.3 Å². The molecule has 0 saturated carbocycles. The van der Waals surface area contributed by atoms with E-state index < -0.39 is 10.0 Å². The van der Waals surface area contributed by atoms with Crippen LogP contribution in [-0.2, 0) is 16.6 Å². The Bertz CT molecular complexity index is 1100. The van der Waals surface area contributed by atoms with Gasteiger partial charge in [-0.05, 0) is 62.7 Å². The van der Waals surface area contributed by atoms with Crippen molar-refractivity contribution in [2.75, 3.05) is 4.72 Å². The van der Waals surface area contributed by atoms with Crippen LogP contribution in [0.5, 0.6) is 5.75 Å². The minimum atomic E-state index is -3.75. The second-order valence-electron chi connectivity index (χ2n) is 6.45. The molecule has 0 fully saturated rings. The molecule has 8 heteroatoms. The monoisotopic (exact) mass is 406 g/mol. The molecule has 1 N–H and O–H groups in total. The van der Waals surface area contributed by atoms with Gasteiger partial charge >= 0.3 is 4.87 Å². The third-order valence-corrected chi connectivity index (χ3v) is 6.20. The summed E-state index contributed by atoms with van der Waals surface area (Å²) >= 11 is 1.06. The van der Waals surface area contributed by atoms with Gasteiger partial charge in [0.1, 0.15) is 5.75 Å². The Morgan fingerprint density at radius 3 is 2.48 bits per heavy atom. The smallest absolute Gasteiger partial charge is 0.308 e. The summed E-state index contributed by atoms with van der Waals surface area (Å²) in [5.74, 6) is 0.677. The lowest BCUT2D eigenvalue weighted by Gasteiger charge is -2.11. The molecule has 0 spiro atoms. The zero-order chi connectivity index (χ0) is 19.6. The maximum Gasteiger partial charge on any atom is 0.308 e. The van der Waals surface area contributed by atoms with Crippen molar-refractivity contribution in [3.05, 3.63) is 52.1 Å². The van der Waals surface area contributed by atoms with Crippen LogP contribution in [0.25, 0.3) is 10.2 Å². The first-order valence-electron chi connectivity index (χ1n) is 8.73. The van der Waals surface area contributed by atoms with Gasteiger partial charge in [-0.15, -0.1) is 0 Å². The van der Waals surface area contributed by atoms with Gasteiger partial charge in [0.05, 0.1) is 21.2 Å². The normalized spacial score (nSPS) is 11.9.